The molecule has 0 fully saturated rings. The largest absolute Gasteiger partial charge is 0.301 e. The van der Waals surface area contributed by atoms with Crippen LogP contribution >= 0.6 is 0 Å². The average Bonchev–Trinajstić information content (AvgIpc) is 1.65. The molecule has 0 aliphatic carbocycles. The highest BCUT2D eigenvalue weighted by molar-refractivity contribution is 5.79. The van der Waals surface area contributed by atoms with E-state index in [1.54, 1.807) is 26.0 Å². The summed E-state index contributed by atoms with van der Waals surface area (Å²) < 4.78 is 0. The third kappa shape index (κ3) is 3.27. The van der Waals surface area contributed by atoms with E-state index < -0.39 is 0 Å². The van der Waals surface area contributed by atoms with Crippen LogP contribution in [0.5, 0.6) is 0 Å². The Hall–Kier alpha value is -0.930. The van der Waals surface area contributed by atoms with Gasteiger partial charge in [-0.3, -0.25) is 0 Å². The summed E-state index contributed by atoms with van der Waals surface area (Å²) >= 11 is 0. The highest BCUT2D eigenvalue weighted by Gasteiger charge is 1.82. The van der Waals surface area contributed by atoms with Gasteiger partial charge in [0.2, 0.25) is 0 Å². The van der Waals surface area contributed by atoms with Crippen LogP contribution in [0.1, 0.15) is 6.92 Å². The van der Waals surface area contributed by atoms with Crippen LogP contribution in [0.25, 0.3) is 0 Å². The Morgan fingerprint density at radius 3 is 2.12 bits per heavy atom. The zero-order valence-electron chi connectivity index (χ0n) is 5.34. The van der Waals surface area contributed by atoms with Crippen molar-refractivity contribution >= 4 is 5.84 Å². The second-order valence-electron chi connectivity index (χ2n) is 1.61. The van der Waals surface area contributed by atoms with E-state index in [1.165, 1.54) is 0 Å². The molecule has 8 heavy (non-hydrogen) atoms. The van der Waals surface area contributed by atoms with Crippen molar-refractivity contribution in [1.29, 1.82) is 5.53 Å². The maximum atomic E-state index is 6.47. The smallest absolute Gasteiger partial charge is 0.167 e. The standard InChI is InChI=1S/C4H10N4/c1-4(6-5)7-8(2)3/h5H,1-3H3/b6-5?,7-4+. The fourth-order valence-corrected chi connectivity index (χ4v) is 0.312. The topological polar surface area (TPSA) is 51.8 Å². The van der Waals surface area contributed by atoms with Gasteiger partial charge in [0.25, 0.3) is 0 Å². The number of amidine groups is 1. The molecule has 0 unspecified atom stereocenters. The van der Waals surface area contributed by atoms with E-state index in [0.29, 0.717) is 5.84 Å². The first kappa shape index (κ1) is 7.07. The summed E-state index contributed by atoms with van der Waals surface area (Å²) in [4.78, 5) is 0. The van der Waals surface area contributed by atoms with Gasteiger partial charge < -0.3 is 5.01 Å². The molecule has 0 saturated carbocycles. The molecule has 0 bridgehead atoms. The average molecular weight is 114 g/mol. The third-order valence-corrected chi connectivity index (χ3v) is 0.507. The van der Waals surface area contributed by atoms with Crippen LogP contribution in [0.15, 0.2) is 10.2 Å². The predicted molar refractivity (Wildman–Crippen MR) is 31.9 cm³/mol. The van der Waals surface area contributed by atoms with Crippen LogP contribution in [0.2, 0.25) is 0 Å². The number of hydrogen-bond acceptors (Lipinski definition) is 3. The number of hydrazone groups is 1. The molecular formula is C4H10N4. The van der Waals surface area contributed by atoms with Gasteiger partial charge in [-0.15, -0.1) is 5.11 Å². The molecule has 0 amide bonds. The minimum atomic E-state index is 0.468. The molecule has 0 spiro atoms. The van der Waals surface area contributed by atoms with Gasteiger partial charge in [-0.1, -0.05) is 0 Å². The van der Waals surface area contributed by atoms with Crippen molar-refractivity contribution in [2.45, 2.75) is 6.92 Å². The lowest BCUT2D eigenvalue weighted by Crippen LogP contribution is -2.04. The van der Waals surface area contributed by atoms with Crippen molar-refractivity contribution in [3.63, 3.8) is 0 Å². The Morgan fingerprint density at radius 2 is 2.00 bits per heavy atom. The number of hydrogen-bond donors (Lipinski definition) is 1. The summed E-state index contributed by atoms with van der Waals surface area (Å²) in [5.41, 5.74) is 6.47. The Bertz CT molecular complexity index is 105. The highest BCUT2D eigenvalue weighted by atomic mass is 15.4. The van der Waals surface area contributed by atoms with Gasteiger partial charge in [0.15, 0.2) is 5.84 Å². The summed E-state index contributed by atoms with van der Waals surface area (Å²) in [6.45, 7) is 1.67. The van der Waals surface area contributed by atoms with E-state index in [0.717, 1.165) is 0 Å². The second kappa shape index (κ2) is 3.12. The number of nitrogens with one attached hydrogen (secondary N) is 1. The van der Waals surface area contributed by atoms with Crippen molar-refractivity contribution in [2.75, 3.05) is 14.1 Å². The highest BCUT2D eigenvalue weighted by Crippen LogP contribution is 1.80. The summed E-state index contributed by atoms with van der Waals surface area (Å²) in [6, 6.07) is 0. The molecule has 0 aromatic heterocycles. The quantitative estimate of drug-likeness (QED) is 0.234. The zero-order valence-corrected chi connectivity index (χ0v) is 5.34. The molecular weight excluding hydrogens is 104 g/mol. The molecule has 0 aliphatic rings. The number of nitrogens with zero attached hydrogens (tertiary/aromatic N) is 3. The van der Waals surface area contributed by atoms with E-state index in [4.69, 9.17) is 5.53 Å². The molecule has 4 heteroatoms. The Kier molecular flexibility index (Phi) is 2.76. The van der Waals surface area contributed by atoms with E-state index in [1.807, 2.05) is 0 Å². The van der Waals surface area contributed by atoms with Crippen molar-refractivity contribution in [3.05, 3.63) is 0 Å². The lowest BCUT2D eigenvalue weighted by atomic mass is 10.7. The van der Waals surface area contributed by atoms with Crippen LogP contribution in [0.4, 0.5) is 0 Å². The summed E-state index contributed by atoms with van der Waals surface area (Å²) in [7, 11) is 3.57. The van der Waals surface area contributed by atoms with Gasteiger partial charge >= 0.3 is 0 Å². The predicted octanol–water partition coefficient (Wildman–Crippen LogP) is 0.912. The molecule has 0 radical (unpaired) electrons. The Morgan fingerprint density at radius 1 is 1.50 bits per heavy atom. The molecule has 46 valence electrons. The van der Waals surface area contributed by atoms with Gasteiger partial charge in [0.05, 0.1) is 0 Å². The van der Waals surface area contributed by atoms with Gasteiger partial charge in [-0.05, 0) is 6.92 Å². The van der Waals surface area contributed by atoms with Crippen molar-refractivity contribution in [2.24, 2.45) is 10.2 Å². The van der Waals surface area contributed by atoms with Crippen molar-refractivity contribution in [3.8, 4) is 0 Å². The van der Waals surface area contributed by atoms with Gasteiger partial charge in [-0.2, -0.15) is 5.10 Å². The first-order chi connectivity index (χ1) is 3.66. The summed E-state index contributed by atoms with van der Waals surface area (Å²) in [5, 5.41) is 8.48. The Balaban J connectivity index is 3.74. The number of rotatable bonds is 1. The second-order valence-corrected chi connectivity index (χ2v) is 1.61. The molecule has 4 nitrogen and oxygen atoms in total. The fraction of sp³-hybridized carbons (Fsp3) is 0.750. The van der Waals surface area contributed by atoms with Crippen LogP contribution in [-0.2, 0) is 0 Å². The van der Waals surface area contributed by atoms with Crippen LogP contribution in [0, 0.1) is 5.53 Å². The lowest BCUT2D eigenvalue weighted by Gasteiger charge is -2.01. The van der Waals surface area contributed by atoms with E-state index in [2.05, 4.69) is 10.2 Å². The first-order valence-corrected chi connectivity index (χ1v) is 2.27. The SMILES string of the molecule is C/C(N=N)=N\N(C)C. The van der Waals surface area contributed by atoms with E-state index in [-0.39, 0.29) is 0 Å². The molecule has 0 atom stereocenters. The van der Waals surface area contributed by atoms with Gasteiger partial charge in [0, 0.05) is 14.1 Å². The third-order valence-electron chi connectivity index (χ3n) is 0.507. The van der Waals surface area contributed by atoms with Crippen LogP contribution < -0.4 is 0 Å². The van der Waals surface area contributed by atoms with Crippen molar-refractivity contribution < 1.29 is 0 Å². The lowest BCUT2D eigenvalue weighted by molar-refractivity contribution is 0.436. The molecule has 0 saturated heterocycles. The van der Waals surface area contributed by atoms with Crippen LogP contribution in [-0.4, -0.2) is 24.9 Å². The van der Waals surface area contributed by atoms with Gasteiger partial charge in [-0.25, -0.2) is 5.53 Å². The van der Waals surface area contributed by atoms with E-state index >= 15 is 0 Å². The molecule has 0 aromatic rings. The normalized spacial score (nSPS) is 11.1. The molecule has 0 rings (SSSR count). The minimum Gasteiger partial charge on any atom is -0.301 e. The van der Waals surface area contributed by atoms with Crippen LogP contribution in [0.3, 0.4) is 0 Å². The molecule has 1 N–H and O–H groups in total. The molecule has 0 heterocycles. The zero-order chi connectivity index (χ0) is 6.57. The first-order valence-electron chi connectivity index (χ1n) is 2.27. The minimum absolute atomic E-state index is 0.468. The molecule has 0 aliphatic heterocycles. The fourth-order valence-electron chi connectivity index (χ4n) is 0.312. The van der Waals surface area contributed by atoms with E-state index in [9.17, 15) is 0 Å². The van der Waals surface area contributed by atoms with Crippen molar-refractivity contribution in [1.82, 2.24) is 5.01 Å². The summed E-state index contributed by atoms with van der Waals surface area (Å²) in [6.07, 6.45) is 0. The Labute approximate surface area is 48.7 Å². The molecule has 0 aromatic carbocycles. The van der Waals surface area contributed by atoms with Gasteiger partial charge in [0.1, 0.15) is 0 Å². The monoisotopic (exact) mass is 114 g/mol. The maximum Gasteiger partial charge on any atom is 0.167 e. The maximum absolute atomic E-state index is 6.47. The summed E-state index contributed by atoms with van der Waals surface area (Å²) in [5.74, 6) is 0.468.